The Labute approximate surface area is 115 Å². The van der Waals surface area contributed by atoms with Crippen LogP contribution >= 0.6 is 0 Å². The van der Waals surface area contributed by atoms with Crippen LogP contribution in [-0.2, 0) is 6.42 Å². The predicted molar refractivity (Wildman–Crippen MR) is 78.7 cm³/mol. The van der Waals surface area contributed by atoms with Crippen molar-refractivity contribution in [3.8, 4) is 0 Å². The molecule has 4 nitrogen and oxygen atoms in total. The summed E-state index contributed by atoms with van der Waals surface area (Å²) in [6, 6.07) is 5.87. The van der Waals surface area contributed by atoms with Crippen molar-refractivity contribution < 1.29 is 4.79 Å². The fourth-order valence-electron chi connectivity index (χ4n) is 2.00. The predicted octanol–water partition coefficient (Wildman–Crippen LogP) is 1.72. The number of anilines is 1. The zero-order valence-electron chi connectivity index (χ0n) is 12.2. The van der Waals surface area contributed by atoms with Crippen LogP contribution in [0.2, 0.25) is 0 Å². The number of nitrogens with one attached hydrogen (secondary N) is 2. The third kappa shape index (κ3) is 3.07. The summed E-state index contributed by atoms with van der Waals surface area (Å²) < 4.78 is 0. The van der Waals surface area contributed by atoms with Crippen molar-refractivity contribution in [2.75, 3.05) is 32.5 Å². The molecule has 0 aliphatic carbocycles. The van der Waals surface area contributed by atoms with Gasteiger partial charge in [-0.25, -0.2) is 0 Å². The SMILES string of the molecule is CN(C)C(C)(C)CNC(=O)c1ccc2c(c1)CCN2. The van der Waals surface area contributed by atoms with E-state index in [-0.39, 0.29) is 11.4 Å². The van der Waals surface area contributed by atoms with Crippen LogP contribution in [0.15, 0.2) is 18.2 Å². The average Bonchev–Trinajstić information content (AvgIpc) is 2.82. The first kappa shape index (κ1) is 13.9. The van der Waals surface area contributed by atoms with E-state index in [4.69, 9.17) is 0 Å². The Bertz CT molecular complexity index is 480. The highest BCUT2D eigenvalue weighted by atomic mass is 16.1. The van der Waals surface area contributed by atoms with Gasteiger partial charge in [0.2, 0.25) is 0 Å². The zero-order chi connectivity index (χ0) is 14.0. The molecule has 0 saturated carbocycles. The van der Waals surface area contributed by atoms with Crippen LogP contribution in [0.25, 0.3) is 0 Å². The van der Waals surface area contributed by atoms with E-state index >= 15 is 0 Å². The second-order valence-electron chi connectivity index (χ2n) is 5.94. The van der Waals surface area contributed by atoms with Crippen LogP contribution in [0.3, 0.4) is 0 Å². The highest BCUT2D eigenvalue weighted by molar-refractivity contribution is 5.95. The number of carbonyl (C=O) groups excluding carboxylic acids is 1. The Morgan fingerprint density at radius 2 is 2.16 bits per heavy atom. The topological polar surface area (TPSA) is 44.4 Å². The van der Waals surface area contributed by atoms with Crippen molar-refractivity contribution in [3.05, 3.63) is 29.3 Å². The van der Waals surface area contributed by atoms with E-state index in [1.165, 1.54) is 5.56 Å². The van der Waals surface area contributed by atoms with Crippen molar-refractivity contribution in [2.45, 2.75) is 25.8 Å². The molecule has 1 aliphatic heterocycles. The third-order valence-corrected chi connectivity index (χ3v) is 3.97. The molecule has 0 unspecified atom stereocenters. The van der Waals surface area contributed by atoms with Crippen LogP contribution in [0.4, 0.5) is 5.69 Å². The standard InChI is InChI=1S/C15H23N3O/c1-15(2,18(3)4)10-17-14(19)12-5-6-13-11(9-12)7-8-16-13/h5-6,9,16H,7-8,10H2,1-4H3,(H,17,19). The summed E-state index contributed by atoms with van der Waals surface area (Å²) in [5, 5.41) is 6.31. The van der Waals surface area contributed by atoms with Crippen molar-refractivity contribution in [2.24, 2.45) is 0 Å². The van der Waals surface area contributed by atoms with E-state index < -0.39 is 0 Å². The van der Waals surface area contributed by atoms with Crippen LogP contribution in [-0.4, -0.2) is 43.5 Å². The molecule has 4 heteroatoms. The second-order valence-corrected chi connectivity index (χ2v) is 5.94. The highest BCUT2D eigenvalue weighted by Gasteiger charge is 2.21. The summed E-state index contributed by atoms with van der Waals surface area (Å²) in [4.78, 5) is 14.3. The normalized spacial score (nSPS) is 14.2. The van der Waals surface area contributed by atoms with Gasteiger partial charge in [0, 0.05) is 29.9 Å². The number of carbonyl (C=O) groups is 1. The molecule has 19 heavy (non-hydrogen) atoms. The number of hydrogen-bond donors (Lipinski definition) is 2. The molecule has 0 aromatic heterocycles. The Morgan fingerprint density at radius 3 is 2.84 bits per heavy atom. The van der Waals surface area contributed by atoms with Gasteiger partial charge in [-0.2, -0.15) is 0 Å². The minimum absolute atomic E-state index is 0.00428. The van der Waals surface area contributed by atoms with Gasteiger partial charge in [-0.05, 0) is 58.1 Å². The van der Waals surface area contributed by atoms with Gasteiger partial charge in [0.05, 0.1) is 0 Å². The average molecular weight is 261 g/mol. The van der Waals surface area contributed by atoms with Crippen LogP contribution < -0.4 is 10.6 Å². The smallest absolute Gasteiger partial charge is 0.251 e. The van der Waals surface area contributed by atoms with Gasteiger partial charge in [0.15, 0.2) is 0 Å². The fraction of sp³-hybridized carbons (Fsp3) is 0.533. The van der Waals surface area contributed by atoms with E-state index in [2.05, 4.69) is 29.4 Å². The molecule has 0 radical (unpaired) electrons. The number of likely N-dealkylation sites (N-methyl/N-ethyl adjacent to an activating group) is 1. The van der Waals surface area contributed by atoms with Crippen molar-refractivity contribution in [1.29, 1.82) is 0 Å². The maximum Gasteiger partial charge on any atom is 0.251 e. The summed E-state index contributed by atoms with van der Waals surface area (Å²) in [6.45, 7) is 5.82. The largest absolute Gasteiger partial charge is 0.384 e. The number of nitrogens with zero attached hydrogens (tertiary/aromatic N) is 1. The number of fused-ring (bicyclic) bond motifs is 1. The fourth-order valence-corrected chi connectivity index (χ4v) is 2.00. The molecule has 2 rings (SSSR count). The zero-order valence-corrected chi connectivity index (χ0v) is 12.2. The molecule has 0 atom stereocenters. The van der Waals surface area contributed by atoms with Crippen molar-refractivity contribution in [1.82, 2.24) is 10.2 Å². The lowest BCUT2D eigenvalue weighted by atomic mass is 10.0. The first-order valence-electron chi connectivity index (χ1n) is 6.72. The van der Waals surface area contributed by atoms with Gasteiger partial charge in [-0.3, -0.25) is 4.79 Å². The minimum atomic E-state index is -0.0477. The van der Waals surface area contributed by atoms with E-state index in [0.717, 1.165) is 24.2 Å². The van der Waals surface area contributed by atoms with Crippen LogP contribution in [0.5, 0.6) is 0 Å². The molecule has 104 valence electrons. The lowest BCUT2D eigenvalue weighted by Crippen LogP contribution is -2.48. The van der Waals surface area contributed by atoms with Crippen molar-refractivity contribution >= 4 is 11.6 Å². The minimum Gasteiger partial charge on any atom is -0.384 e. The molecule has 1 aliphatic rings. The monoisotopic (exact) mass is 261 g/mol. The first-order valence-corrected chi connectivity index (χ1v) is 6.72. The molecular formula is C15H23N3O. The first-order chi connectivity index (χ1) is 8.90. The van der Waals surface area contributed by atoms with Gasteiger partial charge in [-0.15, -0.1) is 0 Å². The number of benzene rings is 1. The van der Waals surface area contributed by atoms with Gasteiger partial charge in [-0.1, -0.05) is 0 Å². The molecular weight excluding hydrogens is 238 g/mol. The summed E-state index contributed by atoms with van der Waals surface area (Å²) >= 11 is 0. The van der Waals surface area contributed by atoms with Crippen LogP contribution in [0.1, 0.15) is 29.8 Å². The molecule has 0 fully saturated rings. The Kier molecular flexibility index (Phi) is 3.80. The molecule has 2 N–H and O–H groups in total. The number of rotatable bonds is 4. The van der Waals surface area contributed by atoms with E-state index in [1.54, 1.807) is 0 Å². The lowest BCUT2D eigenvalue weighted by Gasteiger charge is -2.32. The van der Waals surface area contributed by atoms with Gasteiger partial charge in [0.25, 0.3) is 5.91 Å². The van der Waals surface area contributed by atoms with Gasteiger partial charge >= 0.3 is 0 Å². The summed E-state index contributed by atoms with van der Waals surface area (Å²) in [5.41, 5.74) is 3.09. The Morgan fingerprint density at radius 1 is 1.42 bits per heavy atom. The van der Waals surface area contributed by atoms with Crippen LogP contribution in [0, 0.1) is 0 Å². The van der Waals surface area contributed by atoms with E-state index in [9.17, 15) is 4.79 Å². The number of hydrogen-bond acceptors (Lipinski definition) is 3. The molecule has 0 spiro atoms. The van der Waals surface area contributed by atoms with E-state index in [1.807, 2.05) is 32.3 Å². The van der Waals surface area contributed by atoms with Crippen molar-refractivity contribution in [3.63, 3.8) is 0 Å². The third-order valence-electron chi connectivity index (χ3n) is 3.97. The lowest BCUT2D eigenvalue weighted by molar-refractivity contribution is 0.0919. The van der Waals surface area contributed by atoms with Gasteiger partial charge < -0.3 is 15.5 Å². The number of amides is 1. The molecule has 0 saturated heterocycles. The summed E-state index contributed by atoms with van der Waals surface area (Å²) in [6.07, 6.45) is 1.000. The van der Waals surface area contributed by atoms with Gasteiger partial charge in [0.1, 0.15) is 0 Å². The molecule has 1 heterocycles. The highest BCUT2D eigenvalue weighted by Crippen LogP contribution is 2.23. The maximum absolute atomic E-state index is 12.2. The molecule has 1 amide bonds. The Balaban J connectivity index is 2.01. The maximum atomic E-state index is 12.2. The molecule has 0 bridgehead atoms. The second kappa shape index (κ2) is 5.21. The summed E-state index contributed by atoms with van der Waals surface area (Å²) in [7, 11) is 4.04. The van der Waals surface area contributed by atoms with E-state index in [0.29, 0.717) is 6.54 Å². The Hall–Kier alpha value is -1.55. The molecule has 1 aromatic carbocycles. The summed E-state index contributed by atoms with van der Waals surface area (Å²) in [5.74, 6) is 0.00428. The molecule has 1 aromatic rings. The quantitative estimate of drug-likeness (QED) is 0.867.